The molecule has 1 aromatic heterocycles. The van der Waals surface area contributed by atoms with Gasteiger partial charge in [0.25, 0.3) is 16.9 Å². The van der Waals surface area contributed by atoms with Gasteiger partial charge in [0.1, 0.15) is 11.6 Å². The standard InChI is InChI=1S/C23H20NO/c1-14-9-16(3)22-19(11-14)20-12-15(2)10-17(4)23(20)25(22)21-8-6-5-7-18(21)13-24/h5-12H,1-4H3/q+1. The van der Waals surface area contributed by atoms with Gasteiger partial charge in [-0.2, -0.15) is 5.26 Å². The zero-order valence-electron chi connectivity index (χ0n) is 15.0. The molecule has 0 radical (unpaired) electrons. The number of rotatable bonds is 1. The van der Waals surface area contributed by atoms with Crippen molar-refractivity contribution in [2.45, 2.75) is 27.7 Å². The molecule has 4 rings (SSSR count). The number of aryl methyl sites for hydroxylation is 4. The maximum absolute atomic E-state index is 9.61. The van der Waals surface area contributed by atoms with Crippen LogP contribution in [0.5, 0.6) is 0 Å². The molecule has 0 bridgehead atoms. The molecule has 0 amide bonds. The van der Waals surface area contributed by atoms with E-state index < -0.39 is 0 Å². The molecule has 0 unspecified atom stereocenters. The van der Waals surface area contributed by atoms with Gasteiger partial charge in [0.2, 0.25) is 0 Å². The van der Waals surface area contributed by atoms with E-state index in [0.717, 1.165) is 16.9 Å². The highest BCUT2D eigenvalue weighted by Gasteiger charge is 2.26. The smallest absolute Gasteiger partial charge is 0.285 e. The van der Waals surface area contributed by atoms with Crippen LogP contribution in [-0.4, -0.2) is 0 Å². The third kappa shape index (κ3) is 2.24. The van der Waals surface area contributed by atoms with Gasteiger partial charge in [0.15, 0.2) is 0 Å². The van der Waals surface area contributed by atoms with Crippen LogP contribution in [0.1, 0.15) is 27.8 Å². The predicted molar refractivity (Wildman–Crippen MR) is 103 cm³/mol. The molecule has 122 valence electrons. The van der Waals surface area contributed by atoms with E-state index in [1.54, 1.807) is 0 Å². The fourth-order valence-electron chi connectivity index (χ4n) is 3.91. The quantitative estimate of drug-likeness (QED) is 0.373. The van der Waals surface area contributed by atoms with Gasteiger partial charge in [-0.05, 0) is 69.2 Å². The Labute approximate surface area is 147 Å². The molecule has 0 aliphatic carbocycles. The number of nitrogens with zero attached hydrogens (tertiary/aromatic N) is 1. The number of hydrogen-bond acceptors (Lipinski definition) is 1. The van der Waals surface area contributed by atoms with E-state index in [-0.39, 0.29) is 0 Å². The molecule has 0 N–H and O–H groups in total. The molecular weight excluding hydrogens is 306 g/mol. The summed E-state index contributed by atoms with van der Waals surface area (Å²) in [6.45, 7) is 8.53. The number of para-hydroxylation sites is 1. The lowest BCUT2D eigenvalue weighted by Gasteiger charge is -2.09. The number of nitriles is 1. The first-order chi connectivity index (χ1) is 12.0. The topological polar surface area (TPSA) is 26.5 Å². The highest BCUT2D eigenvalue weighted by molar-refractivity contribution is 6.08. The highest BCUT2D eigenvalue weighted by Crippen LogP contribution is 2.43. The molecule has 1 heterocycles. The number of furan rings is 1. The number of benzene rings is 3. The van der Waals surface area contributed by atoms with Crippen molar-refractivity contribution in [1.29, 1.82) is 5.26 Å². The summed E-state index contributed by atoms with van der Waals surface area (Å²) < 4.78 is 3.34. The molecule has 3 aromatic carbocycles. The van der Waals surface area contributed by atoms with E-state index in [4.69, 9.17) is 0 Å². The minimum atomic E-state index is 0.659. The zero-order chi connectivity index (χ0) is 17.7. The minimum Gasteiger partial charge on any atom is -0.497 e. The second kappa shape index (κ2) is 5.50. The van der Waals surface area contributed by atoms with Crippen molar-refractivity contribution in [3.63, 3.8) is 0 Å². The summed E-state index contributed by atoms with van der Waals surface area (Å²) in [5, 5.41) is 12.1. The molecule has 2 heteroatoms. The van der Waals surface area contributed by atoms with E-state index in [9.17, 15) is 5.26 Å². The van der Waals surface area contributed by atoms with Crippen molar-refractivity contribution in [2.75, 3.05) is 0 Å². The Morgan fingerprint density at radius 2 is 1.28 bits per heavy atom. The summed E-state index contributed by atoms with van der Waals surface area (Å²) in [5.41, 5.74) is 7.76. The SMILES string of the molecule is Cc1cc(C)c2c(c1)c1cc(C)cc(C)c1[o+]2-c1ccccc1C#N. The van der Waals surface area contributed by atoms with Crippen LogP contribution in [-0.2, 0) is 0 Å². The van der Waals surface area contributed by atoms with Crippen LogP contribution in [0.4, 0.5) is 0 Å². The second-order valence-electron chi connectivity index (χ2n) is 6.83. The van der Waals surface area contributed by atoms with Crippen molar-refractivity contribution in [3.8, 4) is 11.8 Å². The van der Waals surface area contributed by atoms with Crippen LogP contribution in [0.2, 0.25) is 0 Å². The van der Waals surface area contributed by atoms with E-state index in [2.05, 4.69) is 62.1 Å². The summed E-state index contributed by atoms with van der Waals surface area (Å²) in [7, 11) is 0. The third-order valence-corrected chi connectivity index (χ3v) is 4.76. The lowest BCUT2D eigenvalue weighted by molar-refractivity contribution is 0.374. The Hall–Kier alpha value is -3.05. The summed E-state index contributed by atoms with van der Waals surface area (Å²) in [4.78, 5) is 0. The summed E-state index contributed by atoms with van der Waals surface area (Å²) >= 11 is 0. The molecule has 0 aliphatic heterocycles. The number of hydrogen-bond donors (Lipinski definition) is 0. The van der Waals surface area contributed by atoms with E-state index >= 15 is 0 Å². The highest BCUT2D eigenvalue weighted by atomic mass is 16.6. The van der Waals surface area contributed by atoms with Gasteiger partial charge in [-0.1, -0.05) is 12.1 Å². The first-order valence-electron chi connectivity index (χ1n) is 8.47. The van der Waals surface area contributed by atoms with Crippen molar-refractivity contribution in [2.24, 2.45) is 0 Å². The normalized spacial score (nSPS) is 11.2. The van der Waals surface area contributed by atoms with Crippen LogP contribution in [0.25, 0.3) is 27.7 Å². The predicted octanol–water partition coefficient (Wildman–Crippen LogP) is 6.37. The Morgan fingerprint density at radius 1 is 0.760 bits per heavy atom. The maximum Gasteiger partial charge on any atom is 0.285 e. The fourth-order valence-corrected chi connectivity index (χ4v) is 3.91. The summed E-state index contributed by atoms with van der Waals surface area (Å²) in [6, 6.07) is 19.0. The van der Waals surface area contributed by atoms with Gasteiger partial charge in [0.05, 0.1) is 10.8 Å². The molecule has 25 heavy (non-hydrogen) atoms. The minimum absolute atomic E-state index is 0.659. The molecule has 0 spiro atoms. The van der Waals surface area contributed by atoms with Gasteiger partial charge in [0, 0.05) is 17.2 Å². The molecule has 2 nitrogen and oxygen atoms in total. The Bertz CT molecular complexity index is 1120. The van der Waals surface area contributed by atoms with Crippen LogP contribution in [0, 0.1) is 39.0 Å². The first kappa shape index (κ1) is 15.5. The maximum atomic E-state index is 9.61. The lowest BCUT2D eigenvalue weighted by Crippen LogP contribution is -1.89. The van der Waals surface area contributed by atoms with E-state index in [1.807, 2.05) is 24.3 Å². The van der Waals surface area contributed by atoms with Crippen LogP contribution in [0.15, 0.2) is 52.6 Å². The van der Waals surface area contributed by atoms with Gasteiger partial charge in [-0.25, -0.2) is 0 Å². The van der Waals surface area contributed by atoms with Gasteiger partial charge in [-0.15, -0.1) is 0 Å². The summed E-state index contributed by atoms with van der Waals surface area (Å²) in [5.74, 6) is 0.865. The average Bonchev–Trinajstić information content (AvgIpc) is 2.89. The van der Waals surface area contributed by atoms with Crippen molar-refractivity contribution >= 4 is 21.9 Å². The molecule has 0 atom stereocenters. The molecule has 0 aliphatic rings. The van der Waals surface area contributed by atoms with Crippen molar-refractivity contribution in [1.82, 2.24) is 0 Å². The largest absolute Gasteiger partial charge is 0.497 e. The lowest BCUT2D eigenvalue weighted by atomic mass is 10.0. The zero-order valence-corrected chi connectivity index (χ0v) is 15.0. The molecule has 4 aromatic rings. The summed E-state index contributed by atoms with van der Waals surface area (Å²) in [6.07, 6.45) is 0. The monoisotopic (exact) mass is 326 g/mol. The molecule has 0 fully saturated rings. The van der Waals surface area contributed by atoms with Gasteiger partial charge < -0.3 is 4.05 Å². The Kier molecular flexibility index (Phi) is 3.40. The van der Waals surface area contributed by atoms with Gasteiger partial charge >= 0.3 is 0 Å². The fraction of sp³-hybridized carbons (Fsp3) is 0.174. The van der Waals surface area contributed by atoms with Crippen LogP contribution in [0.3, 0.4) is 0 Å². The molecule has 0 saturated carbocycles. The molecule has 0 saturated heterocycles. The number of fused-ring (bicyclic) bond motifs is 3. The Balaban J connectivity index is 2.33. The average molecular weight is 326 g/mol. The van der Waals surface area contributed by atoms with Crippen molar-refractivity contribution in [3.05, 3.63) is 76.3 Å². The van der Waals surface area contributed by atoms with Crippen LogP contribution < -0.4 is 0 Å². The van der Waals surface area contributed by atoms with E-state index in [1.165, 1.54) is 33.0 Å². The molecular formula is C23H20NO+. The van der Waals surface area contributed by atoms with Gasteiger partial charge in [-0.3, -0.25) is 0 Å². The third-order valence-electron chi connectivity index (χ3n) is 4.76. The second-order valence-corrected chi connectivity index (χ2v) is 6.83. The van der Waals surface area contributed by atoms with Crippen molar-refractivity contribution < 1.29 is 4.05 Å². The van der Waals surface area contributed by atoms with E-state index in [0.29, 0.717) is 5.56 Å². The first-order valence-corrected chi connectivity index (χ1v) is 8.47. The Morgan fingerprint density at radius 3 is 1.80 bits per heavy atom. The van der Waals surface area contributed by atoms with Crippen LogP contribution >= 0.6 is 0 Å².